The molecule has 0 aliphatic rings. The lowest BCUT2D eigenvalue weighted by Gasteiger charge is -2.09. The van der Waals surface area contributed by atoms with Crippen molar-refractivity contribution in [2.75, 3.05) is 6.61 Å². The maximum absolute atomic E-state index is 12.0. The number of halogens is 1. The number of amides is 1. The van der Waals surface area contributed by atoms with E-state index in [0.29, 0.717) is 24.8 Å². The Morgan fingerprint density at radius 1 is 1.13 bits per heavy atom. The molecule has 3 nitrogen and oxygen atoms in total. The highest BCUT2D eigenvalue weighted by atomic mass is 35.5. The zero-order chi connectivity index (χ0) is 16.5. The number of carbonyl (C=O) groups excluding carboxylic acids is 1. The molecule has 0 aromatic heterocycles. The van der Waals surface area contributed by atoms with Crippen LogP contribution < -0.4 is 5.32 Å². The Kier molecular flexibility index (Phi) is 6.85. The van der Waals surface area contributed by atoms with E-state index in [-0.39, 0.29) is 5.91 Å². The van der Waals surface area contributed by atoms with E-state index >= 15 is 0 Å². The Balaban J connectivity index is 1.93. The van der Waals surface area contributed by atoms with E-state index in [0.717, 1.165) is 16.7 Å². The average Bonchev–Trinajstić information content (AvgIpc) is 2.58. The summed E-state index contributed by atoms with van der Waals surface area (Å²) in [6.07, 6.45) is 3.20. The van der Waals surface area contributed by atoms with Gasteiger partial charge in [0.15, 0.2) is 0 Å². The summed E-state index contributed by atoms with van der Waals surface area (Å²) in [6.45, 7) is 3.65. The maximum Gasteiger partial charge on any atom is 0.244 e. The Morgan fingerprint density at radius 3 is 2.57 bits per heavy atom. The van der Waals surface area contributed by atoms with Gasteiger partial charge in [-0.15, -0.1) is 0 Å². The molecule has 2 aromatic rings. The van der Waals surface area contributed by atoms with Crippen LogP contribution in [0.3, 0.4) is 0 Å². The minimum absolute atomic E-state index is 0.156. The second kappa shape index (κ2) is 9.13. The van der Waals surface area contributed by atoms with Crippen molar-refractivity contribution < 1.29 is 9.53 Å². The predicted molar refractivity (Wildman–Crippen MR) is 94.1 cm³/mol. The highest BCUT2D eigenvalue weighted by Crippen LogP contribution is 2.16. The van der Waals surface area contributed by atoms with Gasteiger partial charge in [-0.05, 0) is 35.8 Å². The molecule has 0 aliphatic heterocycles. The number of rotatable bonds is 7. The van der Waals surface area contributed by atoms with Crippen molar-refractivity contribution in [1.29, 1.82) is 0 Å². The third kappa shape index (κ3) is 5.55. The van der Waals surface area contributed by atoms with Crippen LogP contribution in [0, 0.1) is 0 Å². The molecular weight excluding hydrogens is 310 g/mol. The van der Waals surface area contributed by atoms with E-state index in [1.807, 2.05) is 49.4 Å². The normalized spacial score (nSPS) is 10.9. The van der Waals surface area contributed by atoms with Crippen LogP contribution in [-0.4, -0.2) is 12.5 Å². The van der Waals surface area contributed by atoms with Gasteiger partial charge in [0.2, 0.25) is 5.91 Å². The first-order valence-electron chi connectivity index (χ1n) is 7.55. The number of ether oxygens (including phenoxy) is 1. The Morgan fingerprint density at radius 2 is 1.83 bits per heavy atom. The average molecular weight is 330 g/mol. The Labute approximate surface area is 141 Å². The summed E-state index contributed by atoms with van der Waals surface area (Å²) in [5.41, 5.74) is 2.96. The topological polar surface area (TPSA) is 38.3 Å². The van der Waals surface area contributed by atoms with Crippen molar-refractivity contribution in [3.63, 3.8) is 0 Å². The van der Waals surface area contributed by atoms with E-state index in [9.17, 15) is 4.79 Å². The number of benzene rings is 2. The predicted octanol–water partition coefficient (Wildman–Crippen LogP) is 4.21. The van der Waals surface area contributed by atoms with Gasteiger partial charge >= 0.3 is 0 Å². The molecule has 0 bridgehead atoms. The van der Waals surface area contributed by atoms with Gasteiger partial charge in [-0.1, -0.05) is 54.1 Å². The van der Waals surface area contributed by atoms with Crippen LogP contribution in [0.5, 0.6) is 0 Å². The minimum atomic E-state index is -0.156. The minimum Gasteiger partial charge on any atom is -0.377 e. The quantitative estimate of drug-likeness (QED) is 0.773. The van der Waals surface area contributed by atoms with E-state index in [4.69, 9.17) is 16.3 Å². The smallest absolute Gasteiger partial charge is 0.244 e. The fourth-order valence-corrected chi connectivity index (χ4v) is 2.30. The van der Waals surface area contributed by atoms with Crippen LogP contribution in [0.2, 0.25) is 5.02 Å². The number of carbonyl (C=O) groups is 1. The van der Waals surface area contributed by atoms with Crippen molar-refractivity contribution >= 4 is 23.6 Å². The summed E-state index contributed by atoms with van der Waals surface area (Å²) >= 11 is 6.05. The van der Waals surface area contributed by atoms with Crippen molar-refractivity contribution in [3.8, 4) is 0 Å². The molecule has 0 aliphatic carbocycles. The largest absolute Gasteiger partial charge is 0.377 e. The van der Waals surface area contributed by atoms with Crippen LogP contribution in [0.15, 0.2) is 54.6 Å². The summed E-state index contributed by atoms with van der Waals surface area (Å²) in [4.78, 5) is 12.0. The first-order valence-corrected chi connectivity index (χ1v) is 7.93. The zero-order valence-electron chi connectivity index (χ0n) is 13.1. The van der Waals surface area contributed by atoms with Crippen LogP contribution in [0.25, 0.3) is 6.08 Å². The van der Waals surface area contributed by atoms with Crippen molar-refractivity contribution in [2.24, 2.45) is 0 Å². The molecule has 0 atom stereocenters. The SMILES string of the molecule is CCOCc1ccccc1CNC(=O)/C=C/c1ccccc1Cl. The lowest BCUT2D eigenvalue weighted by Crippen LogP contribution is -2.21. The van der Waals surface area contributed by atoms with Crippen molar-refractivity contribution in [2.45, 2.75) is 20.1 Å². The van der Waals surface area contributed by atoms with Gasteiger partial charge < -0.3 is 10.1 Å². The molecule has 2 aromatic carbocycles. The Hall–Kier alpha value is -2.10. The molecule has 0 saturated carbocycles. The van der Waals surface area contributed by atoms with Gasteiger partial charge in [0.05, 0.1) is 6.61 Å². The van der Waals surface area contributed by atoms with Crippen LogP contribution in [0.4, 0.5) is 0 Å². The molecule has 0 radical (unpaired) electrons. The van der Waals surface area contributed by atoms with Gasteiger partial charge in [0.25, 0.3) is 0 Å². The molecule has 2 rings (SSSR count). The molecule has 4 heteroatoms. The van der Waals surface area contributed by atoms with Gasteiger partial charge in [0.1, 0.15) is 0 Å². The standard InChI is InChI=1S/C19H20ClNO2/c1-2-23-14-17-9-4-3-8-16(17)13-21-19(22)12-11-15-7-5-6-10-18(15)20/h3-12H,2,13-14H2,1H3,(H,21,22)/b12-11+. The molecule has 1 N–H and O–H groups in total. The van der Waals surface area contributed by atoms with E-state index in [2.05, 4.69) is 5.32 Å². The Bertz CT molecular complexity index is 683. The number of hydrogen-bond acceptors (Lipinski definition) is 2. The van der Waals surface area contributed by atoms with E-state index < -0.39 is 0 Å². The third-order valence-electron chi connectivity index (χ3n) is 3.35. The van der Waals surface area contributed by atoms with E-state index in [1.54, 1.807) is 12.1 Å². The molecular formula is C19H20ClNO2. The zero-order valence-corrected chi connectivity index (χ0v) is 13.8. The highest BCUT2D eigenvalue weighted by molar-refractivity contribution is 6.32. The summed E-state index contributed by atoms with van der Waals surface area (Å²) in [6, 6.07) is 15.3. The molecule has 0 spiro atoms. The third-order valence-corrected chi connectivity index (χ3v) is 3.70. The second-order valence-corrected chi connectivity index (χ2v) is 5.39. The first kappa shape index (κ1) is 17.3. The summed E-state index contributed by atoms with van der Waals surface area (Å²) in [5.74, 6) is -0.156. The fourth-order valence-electron chi connectivity index (χ4n) is 2.10. The van der Waals surface area contributed by atoms with Crippen LogP contribution in [-0.2, 0) is 22.7 Å². The first-order chi connectivity index (χ1) is 11.2. The maximum atomic E-state index is 12.0. The lowest BCUT2D eigenvalue weighted by molar-refractivity contribution is -0.116. The fraction of sp³-hybridized carbons (Fsp3) is 0.211. The summed E-state index contributed by atoms with van der Waals surface area (Å²) in [7, 11) is 0. The molecule has 0 saturated heterocycles. The van der Waals surface area contributed by atoms with Crippen molar-refractivity contribution in [1.82, 2.24) is 5.32 Å². The van der Waals surface area contributed by atoms with Gasteiger partial charge in [0, 0.05) is 24.3 Å². The van der Waals surface area contributed by atoms with E-state index in [1.165, 1.54) is 6.08 Å². The highest BCUT2D eigenvalue weighted by Gasteiger charge is 2.03. The summed E-state index contributed by atoms with van der Waals surface area (Å²) < 4.78 is 5.44. The molecule has 0 heterocycles. The van der Waals surface area contributed by atoms with Gasteiger partial charge in [-0.3, -0.25) is 4.79 Å². The van der Waals surface area contributed by atoms with Gasteiger partial charge in [-0.25, -0.2) is 0 Å². The molecule has 120 valence electrons. The summed E-state index contributed by atoms with van der Waals surface area (Å²) in [5, 5.41) is 3.50. The molecule has 1 amide bonds. The number of nitrogens with one attached hydrogen (secondary N) is 1. The number of hydrogen-bond donors (Lipinski definition) is 1. The monoisotopic (exact) mass is 329 g/mol. The van der Waals surface area contributed by atoms with Crippen molar-refractivity contribution in [3.05, 3.63) is 76.3 Å². The van der Waals surface area contributed by atoms with Gasteiger partial charge in [-0.2, -0.15) is 0 Å². The lowest BCUT2D eigenvalue weighted by atomic mass is 10.1. The van der Waals surface area contributed by atoms with Crippen LogP contribution in [0.1, 0.15) is 23.6 Å². The van der Waals surface area contributed by atoms with Crippen LogP contribution >= 0.6 is 11.6 Å². The molecule has 0 unspecified atom stereocenters. The molecule has 23 heavy (non-hydrogen) atoms. The second-order valence-electron chi connectivity index (χ2n) is 4.98. The molecule has 0 fully saturated rings.